The largest absolute Gasteiger partial charge is 0.496 e. The van der Waals surface area contributed by atoms with Crippen molar-refractivity contribution >= 4 is 27.6 Å². The minimum Gasteiger partial charge on any atom is -0.496 e. The molecule has 0 spiro atoms. The summed E-state index contributed by atoms with van der Waals surface area (Å²) in [6.07, 6.45) is 1.04. The Morgan fingerprint density at radius 3 is 2.48 bits per heavy atom. The van der Waals surface area contributed by atoms with E-state index in [0.29, 0.717) is 47.0 Å². The lowest BCUT2D eigenvalue weighted by Crippen LogP contribution is -2.24. The molecule has 11 heteroatoms. The number of benzene rings is 2. The molecule has 1 aliphatic rings. The second-order valence-electron chi connectivity index (χ2n) is 11.5. The van der Waals surface area contributed by atoms with Gasteiger partial charge in [-0.15, -0.1) is 0 Å². The third-order valence-electron chi connectivity index (χ3n) is 6.75. The van der Waals surface area contributed by atoms with Crippen LogP contribution in [-0.4, -0.2) is 52.6 Å². The fourth-order valence-corrected chi connectivity index (χ4v) is 7.20. The van der Waals surface area contributed by atoms with Crippen molar-refractivity contribution in [1.82, 2.24) is 0 Å². The van der Waals surface area contributed by atoms with E-state index in [1.54, 1.807) is 38.3 Å². The minimum absolute atomic E-state index is 0.0776. The van der Waals surface area contributed by atoms with Crippen molar-refractivity contribution in [3.63, 3.8) is 0 Å². The number of esters is 2. The van der Waals surface area contributed by atoms with E-state index in [1.165, 1.54) is 6.92 Å². The number of rotatable bonds is 15. The van der Waals surface area contributed by atoms with Crippen molar-refractivity contribution in [1.29, 1.82) is 0 Å². The monoisotopic (exact) mass is 618 g/mol. The normalized spacial score (nSPS) is 15.3. The van der Waals surface area contributed by atoms with Gasteiger partial charge in [0.05, 0.1) is 26.5 Å². The predicted octanol–water partition coefficient (Wildman–Crippen LogP) is 7.12. The number of cyclic esters (lactones) is 1. The van der Waals surface area contributed by atoms with Gasteiger partial charge < -0.3 is 23.5 Å². The molecule has 0 N–H and O–H groups in total. The van der Waals surface area contributed by atoms with Gasteiger partial charge in [0.25, 0.3) is 0 Å². The van der Waals surface area contributed by atoms with Crippen molar-refractivity contribution in [3.8, 4) is 17.2 Å². The van der Waals surface area contributed by atoms with Crippen LogP contribution in [0.4, 0.5) is 0 Å². The number of carbonyl (C=O) groups excluding carboxylic acids is 2. The van der Waals surface area contributed by atoms with Gasteiger partial charge in [-0.05, 0) is 57.9 Å². The Morgan fingerprint density at radius 2 is 1.86 bits per heavy atom. The molecule has 2 aromatic carbocycles. The Bertz CT molecular complexity index is 1350. The predicted molar refractivity (Wildman–Crippen MR) is 165 cm³/mol. The van der Waals surface area contributed by atoms with Crippen LogP contribution in [0, 0.1) is 6.92 Å². The quantitative estimate of drug-likeness (QED) is 0.0892. The van der Waals surface area contributed by atoms with Gasteiger partial charge >= 0.3 is 19.5 Å². The highest BCUT2D eigenvalue weighted by molar-refractivity contribution is 7.54. The molecule has 0 radical (unpaired) electrons. The molecular formula is C31H43O9PSi. The first-order valence-corrected chi connectivity index (χ1v) is 19.6. The average molecular weight is 619 g/mol. The molecule has 0 bridgehead atoms. The number of carbonyl (C=O) groups is 2. The van der Waals surface area contributed by atoms with Crippen LogP contribution in [0.2, 0.25) is 25.7 Å². The van der Waals surface area contributed by atoms with Crippen LogP contribution in [0.25, 0.3) is 0 Å². The second-order valence-corrected chi connectivity index (χ2v) is 19.0. The molecule has 0 saturated carbocycles. The lowest BCUT2D eigenvalue weighted by Gasteiger charge is -2.23. The number of hydrogen-bond acceptors (Lipinski definition) is 9. The molecule has 0 aromatic heterocycles. The Labute approximate surface area is 250 Å². The Hall–Kier alpha value is -3.07. The van der Waals surface area contributed by atoms with Gasteiger partial charge in [-0.3, -0.25) is 4.52 Å². The summed E-state index contributed by atoms with van der Waals surface area (Å²) in [6.45, 7) is 14.5. The topological polar surface area (TPSA) is 107 Å². The van der Waals surface area contributed by atoms with Gasteiger partial charge in [0.2, 0.25) is 0 Å². The van der Waals surface area contributed by atoms with E-state index in [9.17, 15) is 14.2 Å². The number of para-hydroxylation sites is 1. The van der Waals surface area contributed by atoms with Gasteiger partial charge in [-0.1, -0.05) is 49.5 Å². The van der Waals surface area contributed by atoms with E-state index in [0.717, 1.165) is 17.2 Å². The molecule has 1 aliphatic heterocycles. The summed E-state index contributed by atoms with van der Waals surface area (Å²) < 4.78 is 48.1. The summed E-state index contributed by atoms with van der Waals surface area (Å²) in [6, 6.07) is 9.59. The summed E-state index contributed by atoms with van der Waals surface area (Å²) in [5.74, 6) is 0.407. The highest BCUT2D eigenvalue weighted by Crippen LogP contribution is 2.51. The first-order chi connectivity index (χ1) is 19.8. The van der Waals surface area contributed by atoms with Crippen LogP contribution in [-0.2, 0) is 36.4 Å². The number of allylic oxidation sites excluding steroid dienone is 2. The van der Waals surface area contributed by atoms with Crippen LogP contribution in [0.5, 0.6) is 17.2 Å². The molecule has 0 fully saturated rings. The van der Waals surface area contributed by atoms with Crippen LogP contribution in [0.3, 0.4) is 0 Å². The summed E-state index contributed by atoms with van der Waals surface area (Å²) in [7, 11) is -3.67. The maximum atomic E-state index is 14.0. The molecule has 0 aliphatic carbocycles. The van der Waals surface area contributed by atoms with Gasteiger partial charge in [-0.25, -0.2) is 14.2 Å². The maximum absolute atomic E-state index is 14.0. The number of hydrogen-bond donors (Lipinski definition) is 0. The first-order valence-electron chi connectivity index (χ1n) is 14.1. The molecule has 2 atom stereocenters. The highest BCUT2D eigenvalue weighted by atomic mass is 31.2. The third-order valence-corrected chi connectivity index (χ3v) is 10.5. The Kier molecular flexibility index (Phi) is 11.5. The zero-order chi connectivity index (χ0) is 31.1. The van der Waals surface area contributed by atoms with E-state index in [2.05, 4.69) is 19.6 Å². The summed E-state index contributed by atoms with van der Waals surface area (Å²) in [4.78, 5) is 25.1. The van der Waals surface area contributed by atoms with Crippen molar-refractivity contribution < 1.29 is 42.1 Å². The maximum Gasteiger partial charge on any atom is 0.384 e. The van der Waals surface area contributed by atoms with Gasteiger partial charge in [0.15, 0.2) is 6.10 Å². The lowest BCUT2D eigenvalue weighted by atomic mass is 9.95. The molecular weight excluding hydrogens is 575 g/mol. The van der Waals surface area contributed by atoms with E-state index in [1.807, 2.05) is 26.0 Å². The van der Waals surface area contributed by atoms with E-state index in [4.69, 9.17) is 28.0 Å². The van der Waals surface area contributed by atoms with Crippen molar-refractivity contribution in [2.24, 2.45) is 0 Å². The molecule has 1 unspecified atom stereocenters. The molecule has 230 valence electrons. The fourth-order valence-electron chi connectivity index (χ4n) is 4.55. The van der Waals surface area contributed by atoms with E-state index < -0.39 is 33.7 Å². The molecule has 42 heavy (non-hydrogen) atoms. The van der Waals surface area contributed by atoms with E-state index >= 15 is 0 Å². The second kappa shape index (κ2) is 14.4. The lowest BCUT2D eigenvalue weighted by molar-refractivity contribution is -0.150. The number of ether oxygens (including phenoxy) is 4. The SMILES string of the molecule is CCOC(=O)[C@H](C)OP(=O)(C/C(C)=C/Cc1c(OC)c(C)c2c(c1OCC[Si](C)(C)C)C(=O)OC2)Oc1ccccc1. The number of methoxy groups -OCH3 is 1. The van der Waals surface area contributed by atoms with E-state index in [-0.39, 0.29) is 19.4 Å². The Morgan fingerprint density at radius 1 is 1.17 bits per heavy atom. The van der Waals surface area contributed by atoms with Crippen LogP contribution in [0.15, 0.2) is 42.0 Å². The average Bonchev–Trinajstić information content (AvgIpc) is 3.30. The van der Waals surface area contributed by atoms with Crippen LogP contribution < -0.4 is 14.0 Å². The molecule has 1 heterocycles. The fraction of sp³-hybridized carbons (Fsp3) is 0.484. The molecule has 0 amide bonds. The summed E-state index contributed by atoms with van der Waals surface area (Å²) >= 11 is 0. The van der Waals surface area contributed by atoms with Crippen molar-refractivity contribution in [3.05, 3.63) is 64.2 Å². The minimum atomic E-state index is -3.85. The Balaban J connectivity index is 1.95. The first kappa shape index (κ1) is 33.4. The molecule has 2 aromatic rings. The molecule has 3 rings (SSSR count). The van der Waals surface area contributed by atoms with Crippen LogP contribution in [0.1, 0.15) is 47.8 Å². The van der Waals surface area contributed by atoms with Gasteiger partial charge in [0.1, 0.15) is 29.4 Å². The summed E-state index contributed by atoms with van der Waals surface area (Å²) in [5, 5.41) is 0. The summed E-state index contributed by atoms with van der Waals surface area (Å²) in [5.41, 5.74) is 3.44. The van der Waals surface area contributed by atoms with Crippen molar-refractivity contribution in [2.45, 2.75) is 72.5 Å². The van der Waals surface area contributed by atoms with Gasteiger partial charge in [-0.2, -0.15) is 0 Å². The van der Waals surface area contributed by atoms with Crippen LogP contribution >= 0.6 is 7.60 Å². The third kappa shape index (κ3) is 8.72. The zero-order valence-corrected chi connectivity index (χ0v) is 27.8. The smallest absolute Gasteiger partial charge is 0.384 e. The standard InChI is InChI=1S/C31H43O9PSi/c1-9-36-30(32)23(4)39-41(34,40-24-13-11-10-12-14-24)20-21(2)15-16-25-28(35-5)22(3)26-19-38-31(33)27(26)29(25)37-17-18-42(6,7)8/h10-15,23H,9,16-20H2,1-8H3/b21-15+/t23-,41?/m0/s1. The number of fused-ring (bicyclic) bond motifs is 1. The molecule has 9 nitrogen and oxygen atoms in total. The van der Waals surface area contributed by atoms with Gasteiger partial charge in [0, 0.05) is 19.2 Å². The zero-order valence-electron chi connectivity index (χ0n) is 25.9. The molecule has 0 saturated heterocycles. The van der Waals surface area contributed by atoms with Crippen molar-refractivity contribution in [2.75, 3.05) is 26.5 Å². The highest BCUT2D eigenvalue weighted by Gasteiger charge is 2.35.